The SMILES string of the molecule is C1=CC(C(c2ccccc2)(c2ccccc2)c2c(-c3ccccc3)ccc3c2Cc2cc(-c4ccccc4)ccc2-3)C=C1.[Cl-].[Cl-].[Zr+2]. The molecule has 0 amide bonds. The molecule has 8 rings (SSSR count). The molecule has 0 spiro atoms. The first kappa shape index (κ1) is 33.6. The van der Waals surface area contributed by atoms with Crippen molar-refractivity contribution in [1.29, 1.82) is 0 Å². The zero-order valence-corrected chi connectivity index (χ0v) is 29.3. The molecule has 0 aliphatic heterocycles. The predicted octanol–water partition coefficient (Wildman–Crippen LogP) is 4.67. The van der Waals surface area contributed by atoms with Gasteiger partial charge in [-0.1, -0.05) is 176 Å². The van der Waals surface area contributed by atoms with Gasteiger partial charge in [-0.15, -0.1) is 0 Å². The van der Waals surface area contributed by atoms with Crippen LogP contribution in [0.15, 0.2) is 176 Å². The second-order valence-electron chi connectivity index (χ2n) is 11.6. The average Bonchev–Trinajstić information content (AvgIpc) is 3.76. The fourth-order valence-corrected chi connectivity index (χ4v) is 7.53. The van der Waals surface area contributed by atoms with E-state index in [2.05, 4.69) is 176 Å². The summed E-state index contributed by atoms with van der Waals surface area (Å²) in [6.45, 7) is 0. The Morgan fingerprint density at radius 1 is 0.457 bits per heavy atom. The summed E-state index contributed by atoms with van der Waals surface area (Å²) in [7, 11) is 0. The van der Waals surface area contributed by atoms with E-state index in [0.29, 0.717) is 0 Å². The number of rotatable bonds is 6. The van der Waals surface area contributed by atoms with Crippen LogP contribution in [-0.4, -0.2) is 0 Å². The number of halogens is 2. The van der Waals surface area contributed by atoms with Gasteiger partial charge in [0.05, 0.1) is 5.41 Å². The van der Waals surface area contributed by atoms with Crippen molar-refractivity contribution < 1.29 is 51.0 Å². The molecule has 0 nitrogen and oxygen atoms in total. The smallest absolute Gasteiger partial charge is 1.00 e. The summed E-state index contributed by atoms with van der Waals surface area (Å²) in [5.41, 5.74) is 14.2. The van der Waals surface area contributed by atoms with E-state index in [0.717, 1.165) is 6.42 Å². The van der Waals surface area contributed by atoms with E-state index in [1.54, 1.807) is 0 Å². The number of hydrogen-bond donors (Lipinski definition) is 0. The van der Waals surface area contributed by atoms with Crippen molar-refractivity contribution in [1.82, 2.24) is 0 Å². The van der Waals surface area contributed by atoms with E-state index in [-0.39, 0.29) is 56.9 Å². The van der Waals surface area contributed by atoms with E-state index in [1.807, 2.05) is 0 Å². The Morgan fingerprint density at radius 3 is 1.50 bits per heavy atom. The molecule has 46 heavy (non-hydrogen) atoms. The van der Waals surface area contributed by atoms with Crippen molar-refractivity contribution in [3.05, 3.63) is 204 Å². The maximum absolute atomic E-state index is 2.42. The van der Waals surface area contributed by atoms with Gasteiger partial charge in [0.25, 0.3) is 0 Å². The fraction of sp³-hybridized carbons (Fsp3) is 0.0698. The molecule has 0 saturated carbocycles. The Labute approximate surface area is 303 Å². The first-order valence-electron chi connectivity index (χ1n) is 15.2. The van der Waals surface area contributed by atoms with Gasteiger partial charge in [-0.3, -0.25) is 0 Å². The summed E-state index contributed by atoms with van der Waals surface area (Å²) in [5, 5.41) is 0. The summed E-state index contributed by atoms with van der Waals surface area (Å²) < 4.78 is 0. The van der Waals surface area contributed by atoms with Gasteiger partial charge in [-0.25, -0.2) is 0 Å². The van der Waals surface area contributed by atoms with Gasteiger partial charge in [0.15, 0.2) is 0 Å². The number of hydrogen-bond acceptors (Lipinski definition) is 0. The van der Waals surface area contributed by atoms with Crippen LogP contribution in [0, 0.1) is 5.92 Å². The molecule has 0 bridgehead atoms. The molecule has 222 valence electrons. The molecule has 0 saturated heterocycles. The summed E-state index contributed by atoms with van der Waals surface area (Å²) in [6, 6.07) is 55.9. The third kappa shape index (κ3) is 5.60. The number of allylic oxidation sites excluding steroid dienone is 4. The summed E-state index contributed by atoms with van der Waals surface area (Å²) in [6.07, 6.45) is 10.1. The molecule has 0 atom stereocenters. The zero-order valence-electron chi connectivity index (χ0n) is 25.3. The van der Waals surface area contributed by atoms with Crippen molar-refractivity contribution in [2.24, 2.45) is 5.92 Å². The van der Waals surface area contributed by atoms with Gasteiger partial charge >= 0.3 is 26.2 Å². The Hall–Kier alpha value is -3.74. The van der Waals surface area contributed by atoms with Crippen LogP contribution in [0.1, 0.15) is 27.8 Å². The van der Waals surface area contributed by atoms with E-state index >= 15 is 0 Å². The van der Waals surface area contributed by atoms with Crippen LogP contribution < -0.4 is 24.8 Å². The van der Waals surface area contributed by atoms with Gasteiger partial charge in [-0.05, 0) is 67.6 Å². The second kappa shape index (κ2) is 14.4. The predicted molar refractivity (Wildman–Crippen MR) is 180 cm³/mol. The molecule has 0 radical (unpaired) electrons. The standard InChI is InChI=1S/C43H32.2ClH.Zr/c1-5-15-31(16-6-1)33-25-26-38-34(29-33)30-41-40(38)28-27-39(32-17-7-2-8-18-32)42(41)43(37-23-13-14-24-37,35-19-9-3-10-20-35)36-21-11-4-12-22-36;;;/h1-29,37H,30H2;2*1H;/q;;;+2/p-2. The molecule has 0 fully saturated rings. The monoisotopic (exact) mass is 708 g/mol. The third-order valence-corrected chi connectivity index (χ3v) is 9.37. The van der Waals surface area contributed by atoms with Gasteiger partial charge in [-0.2, -0.15) is 0 Å². The minimum atomic E-state index is -0.424. The van der Waals surface area contributed by atoms with Gasteiger partial charge in [0.1, 0.15) is 0 Å². The topological polar surface area (TPSA) is 0 Å². The Kier molecular flexibility index (Phi) is 10.5. The largest absolute Gasteiger partial charge is 2.00 e. The van der Waals surface area contributed by atoms with Crippen LogP contribution in [-0.2, 0) is 38.0 Å². The normalized spacial score (nSPS) is 12.8. The van der Waals surface area contributed by atoms with Crippen LogP contribution in [0.3, 0.4) is 0 Å². The molecule has 6 aromatic rings. The van der Waals surface area contributed by atoms with Crippen molar-refractivity contribution in [2.45, 2.75) is 11.8 Å². The third-order valence-electron chi connectivity index (χ3n) is 9.37. The molecule has 3 heteroatoms. The van der Waals surface area contributed by atoms with Crippen molar-refractivity contribution in [3.63, 3.8) is 0 Å². The van der Waals surface area contributed by atoms with Gasteiger partial charge < -0.3 is 24.8 Å². The minimum absolute atomic E-state index is 0. The molecule has 2 aliphatic rings. The maximum Gasteiger partial charge on any atom is 2.00 e. The molecule has 0 unspecified atom stereocenters. The van der Waals surface area contributed by atoms with Crippen LogP contribution >= 0.6 is 0 Å². The first-order chi connectivity index (χ1) is 21.3. The van der Waals surface area contributed by atoms with Gasteiger partial charge in [0.2, 0.25) is 0 Å². The molecule has 0 N–H and O–H groups in total. The van der Waals surface area contributed by atoms with E-state index in [9.17, 15) is 0 Å². The second-order valence-corrected chi connectivity index (χ2v) is 11.6. The molecule has 0 aromatic heterocycles. The fourth-order valence-electron chi connectivity index (χ4n) is 7.53. The average molecular weight is 711 g/mol. The van der Waals surface area contributed by atoms with Crippen LogP contribution in [0.5, 0.6) is 0 Å². The van der Waals surface area contributed by atoms with Crippen molar-refractivity contribution in [2.75, 3.05) is 0 Å². The van der Waals surface area contributed by atoms with Crippen LogP contribution in [0.2, 0.25) is 0 Å². The van der Waals surface area contributed by atoms with Gasteiger partial charge in [0, 0.05) is 5.92 Å². The Bertz CT molecular complexity index is 1930. The zero-order chi connectivity index (χ0) is 28.6. The van der Waals surface area contributed by atoms with E-state index in [4.69, 9.17) is 0 Å². The molecule has 2 aliphatic carbocycles. The van der Waals surface area contributed by atoms with Crippen LogP contribution in [0.4, 0.5) is 0 Å². The quantitative estimate of drug-likeness (QED) is 0.220. The summed E-state index contributed by atoms with van der Waals surface area (Å²) >= 11 is 0. The summed E-state index contributed by atoms with van der Waals surface area (Å²) in [4.78, 5) is 0. The van der Waals surface area contributed by atoms with E-state index in [1.165, 1.54) is 61.2 Å². The Morgan fingerprint density at radius 2 is 0.935 bits per heavy atom. The summed E-state index contributed by atoms with van der Waals surface area (Å²) in [5.74, 6) is 0.162. The minimum Gasteiger partial charge on any atom is -1.00 e. The number of benzene rings is 6. The van der Waals surface area contributed by atoms with Crippen LogP contribution in [0.25, 0.3) is 33.4 Å². The Balaban J connectivity index is 0.00000139. The van der Waals surface area contributed by atoms with Crippen molar-refractivity contribution in [3.8, 4) is 33.4 Å². The first-order valence-corrected chi connectivity index (χ1v) is 15.2. The molecule has 6 aromatic carbocycles. The number of fused-ring (bicyclic) bond motifs is 3. The maximum atomic E-state index is 2.42. The molecular weight excluding hydrogens is 679 g/mol. The molecule has 0 heterocycles. The van der Waals surface area contributed by atoms with E-state index < -0.39 is 5.41 Å². The molecular formula is C43H32Cl2Zr. The van der Waals surface area contributed by atoms with Crippen molar-refractivity contribution >= 4 is 0 Å².